The molecule has 0 spiro atoms. The summed E-state index contributed by atoms with van der Waals surface area (Å²) >= 11 is -3.99. The molecule has 0 aliphatic carbocycles. The second-order valence-corrected chi connectivity index (χ2v) is 5.03. The molecule has 0 aromatic heterocycles. The van der Waals surface area contributed by atoms with Gasteiger partial charge in [0.2, 0.25) is 0 Å². The summed E-state index contributed by atoms with van der Waals surface area (Å²) in [4.78, 5) is 0. The molecule has 14 heavy (non-hydrogen) atoms. The number of hydrogen-bond donors (Lipinski definition) is 0. The summed E-state index contributed by atoms with van der Waals surface area (Å²) in [6.45, 7) is 0. The molecule has 0 bridgehead atoms. The molecule has 1 saturated heterocycles. The molecule has 1 aliphatic heterocycles. The van der Waals surface area contributed by atoms with Crippen LogP contribution in [0.5, 0.6) is 0 Å². The Bertz CT molecular complexity index is 46.5. The first-order chi connectivity index (χ1) is 4.50. The summed E-state index contributed by atoms with van der Waals surface area (Å²) in [7, 11) is 0. The van der Waals surface area contributed by atoms with Crippen molar-refractivity contribution in [1.29, 1.82) is 0 Å². The molecular formula is Bi2O9Sn3. The molecule has 0 atom stereocenters. The maximum atomic E-state index is 4.57. The van der Waals surface area contributed by atoms with Crippen molar-refractivity contribution in [2.45, 2.75) is 0 Å². The van der Waals surface area contributed by atoms with Gasteiger partial charge in [-0.25, -0.2) is 0 Å². The fraction of sp³-hybridized carbons (Fsp3) is 0. The van der Waals surface area contributed by atoms with Gasteiger partial charge in [-0.15, -0.1) is 0 Å². The third-order valence-corrected chi connectivity index (χ3v) is 6.99. The minimum atomic E-state index is -1.33. The van der Waals surface area contributed by atoms with Gasteiger partial charge in [0, 0.05) is 0 Å². The van der Waals surface area contributed by atoms with Crippen molar-refractivity contribution in [2.75, 3.05) is 0 Å². The molecule has 76 valence electrons. The average molecular weight is 918 g/mol. The normalized spacial score (nSPS) is 15.4. The first kappa shape index (κ1) is 30.7. The second-order valence-electron chi connectivity index (χ2n) is 0.750. The van der Waals surface area contributed by atoms with Crippen LogP contribution < -0.4 is 0 Å². The van der Waals surface area contributed by atoms with Crippen molar-refractivity contribution in [3.8, 4) is 0 Å². The van der Waals surface area contributed by atoms with E-state index in [1.165, 1.54) is 0 Å². The van der Waals surface area contributed by atoms with Gasteiger partial charge >= 0.3 is 138 Å². The molecule has 10 radical (unpaired) electrons. The zero-order valence-electron chi connectivity index (χ0n) is 6.07. The molecular weight excluding hydrogens is 918 g/mol. The molecule has 1 heterocycles. The topological polar surface area (TPSA) is 141 Å². The van der Waals surface area contributed by atoms with Gasteiger partial charge in [-0.2, -0.15) is 0 Å². The van der Waals surface area contributed by atoms with Crippen molar-refractivity contribution in [3.05, 3.63) is 0 Å². The Hall–Kier alpha value is 3.80. The number of hydrogen-bond acceptors (Lipinski definition) is 6. The molecule has 1 aliphatic rings. The number of rotatable bonds is 0. The Kier molecular flexibility index (Phi) is 56.1. The predicted octanol–water partition coefficient (Wildman–Crippen LogP) is -2.67. The molecule has 0 N–H and O–H groups in total. The van der Waals surface area contributed by atoms with Gasteiger partial charge in [0.1, 0.15) is 0 Å². The summed E-state index contributed by atoms with van der Waals surface area (Å²) in [5.41, 5.74) is 0. The van der Waals surface area contributed by atoms with Crippen LogP contribution in [0.1, 0.15) is 0 Å². The van der Waals surface area contributed by atoms with Crippen LogP contribution in [0.4, 0.5) is 0 Å². The third kappa shape index (κ3) is 21.1. The summed E-state index contributed by atoms with van der Waals surface area (Å²) in [5, 5.41) is 0. The maximum absolute atomic E-state index is 4.57. The molecule has 0 aromatic rings. The first-order valence-electron chi connectivity index (χ1n) is 1.72. The van der Waals surface area contributed by atoms with Gasteiger partial charge in [-0.05, 0) is 0 Å². The first-order valence-corrected chi connectivity index (χ1v) is 8.72. The zero-order valence-corrected chi connectivity index (χ0v) is 21.6. The predicted molar refractivity (Wildman–Crippen MR) is 37.3 cm³/mol. The van der Waals surface area contributed by atoms with E-state index in [4.69, 9.17) is 0 Å². The molecule has 0 unspecified atom stereocenters. The van der Waals surface area contributed by atoms with Gasteiger partial charge < -0.3 is 16.4 Å². The van der Waals surface area contributed by atoms with Crippen LogP contribution in [0.25, 0.3) is 0 Å². The van der Waals surface area contributed by atoms with Gasteiger partial charge in [0.25, 0.3) is 0 Å². The quantitative estimate of drug-likeness (QED) is 0.192. The molecule has 1 fully saturated rings. The van der Waals surface area contributed by atoms with E-state index in [2.05, 4.69) is 19.3 Å². The Balaban J connectivity index is -0.0000000540. The molecule has 0 aromatic carbocycles. The van der Waals surface area contributed by atoms with Crippen molar-refractivity contribution < 1.29 is 35.8 Å². The van der Waals surface area contributed by atoms with Gasteiger partial charge in [-0.1, -0.05) is 0 Å². The van der Waals surface area contributed by atoms with Crippen molar-refractivity contribution >= 4 is 118 Å². The monoisotopic (exact) mass is 922 g/mol. The fourth-order valence-electron chi connectivity index (χ4n) is 0.144. The van der Waals surface area contributed by atoms with Crippen LogP contribution in [-0.2, 0) is 35.8 Å². The third-order valence-electron chi connectivity index (χ3n) is 0.329. The molecule has 14 heteroatoms. The van der Waals surface area contributed by atoms with Crippen molar-refractivity contribution in [2.24, 2.45) is 0 Å². The van der Waals surface area contributed by atoms with Crippen LogP contribution in [-0.4, -0.2) is 118 Å². The zero-order chi connectivity index (χ0) is 6.36. The van der Waals surface area contributed by atoms with Crippen LogP contribution in [0, 0.1) is 0 Å². The second kappa shape index (κ2) is 25.6. The van der Waals surface area contributed by atoms with E-state index in [1.54, 1.807) is 0 Å². The van der Waals surface area contributed by atoms with E-state index >= 15 is 0 Å². The Morgan fingerprint density at radius 2 is 0.571 bits per heavy atom. The Labute approximate surface area is 151 Å². The van der Waals surface area contributed by atoms with E-state index in [0.29, 0.717) is 0 Å². The SMILES string of the molecule is [Bi+3].[Bi+3].[O-2].[O-2].[O-2].[O]1[O][Sn][O][O][Sn][O][O][Sn]1. The van der Waals surface area contributed by atoms with E-state index in [1.807, 2.05) is 0 Å². The summed E-state index contributed by atoms with van der Waals surface area (Å²) in [6, 6.07) is 0. The average Bonchev–Trinajstić information content (AvgIpc) is 2.00. The van der Waals surface area contributed by atoms with Crippen molar-refractivity contribution in [1.82, 2.24) is 0 Å². The molecule has 1 rings (SSSR count). The van der Waals surface area contributed by atoms with E-state index < -0.39 is 65.9 Å². The Morgan fingerprint density at radius 3 is 0.714 bits per heavy atom. The standard InChI is InChI=1S/2Bi.3O2.3O.3Sn/c;;3*1-2;;;;;;/q2*+3;6*-2;3*+2. The molecule has 0 saturated carbocycles. The van der Waals surface area contributed by atoms with E-state index in [0.717, 1.165) is 0 Å². The minimum absolute atomic E-state index is 0. The van der Waals surface area contributed by atoms with Gasteiger partial charge in [-0.3, -0.25) is 0 Å². The fourth-order valence-corrected chi connectivity index (χ4v) is 4.87. The van der Waals surface area contributed by atoms with Crippen LogP contribution in [0.15, 0.2) is 0 Å². The van der Waals surface area contributed by atoms with Gasteiger partial charge in [0.05, 0.1) is 0 Å². The van der Waals surface area contributed by atoms with Crippen LogP contribution in [0.2, 0.25) is 0 Å². The summed E-state index contributed by atoms with van der Waals surface area (Å²) in [6.07, 6.45) is 0. The molecule has 0 amide bonds. The summed E-state index contributed by atoms with van der Waals surface area (Å²) in [5.74, 6) is 0. The van der Waals surface area contributed by atoms with Crippen LogP contribution >= 0.6 is 0 Å². The van der Waals surface area contributed by atoms with E-state index in [-0.39, 0.29) is 68.8 Å². The van der Waals surface area contributed by atoms with Crippen molar-refractivity contribution in [3.63, 3.8) is 0 Å². The van der Waals surface area contributed by atoms with Gasteiger partial charge in [0.15, 0.2) is 0 Å². The summed E-state index contributed by atoms with van der Waals surface area (Å²) < 4.78 is 27.4. The van der Waals surface area contributed by atoms with Crippen LogP contribution in [0.3, 0.4) is 0 Å². The Morgan fingerprint density at radius 1 is 0.429 bits per heavy atom. The van der Waals surface area contributed by atoms with E-state index in [9.17, 15) is 0 Å². The molecule has 9 nitrogen and oxygen atoms in total.